The van der Waals surface area contributed by atoms with Crippen LogP contribution in [0.1, 0.15) is 62.0 Å². The molecule has 0 aromatic heterocycles. The van der Waals surface area contributed by atoms with Gasteiger partial charge < -0.3 is 19.5 Å². The summed E-state index contributed by atoms with van der Waals surface area (Å²) in [5.41, 5.74) is 4.14. The molecular formula is C29H27FNO5-. The number of hydrogen-bond acceptors (Lipinski definition) is 6. The van der Waals surface area contributed by atoms with Gasteiger partial charge in [0.15, 0.2) is 11.6 Å². The van der Waals surface area contributed by atoms with Gasteiger partial charge in [0.05, 0.1) is 0 Å². The lowest BCUT2D eigenvalue weighted by molar-refractivity contribution is -0.305. The summed E-state index contributed by atoms with van der Waals surface area (Å²) in [6.07, 6.45) is 3.22. The Morgan fingerprint density at radius 2 is 1.61 bits per heavy atom. The summed E-state index contributed by atoms with van der Waals surface area (Å²) in [6, 6.07) is 13.5. The summed E-state index contributed by atoms with van der Waals surface area (Å²) in [5.74, 6) is -1.60. The van der Waals surface area contributed by atoms with Crippen LogP contribution in [0, 0.1) is 5.82 Å². The molecule has 7 heteroatoms. The molecule has 2 aliphatic carbocycles. The number of halogens is 1. The molecule has 0 unspecified atom stereocenters. The van der Waals surface area contributed by atoms with Crippen molar-refractivity contribution in [3.63, 3.8) is 0 Å². The molecule has 5 rings (SSSR count). The monoisotopic (exact) mass is 488 g/mol. The molecule has 0 N–H and O–H groups in total. The SMILES string of the molecule is O=C([O-])CCN1C2=C(C(=O)CCC2)C(c2ccccc2OCc2cccc(F)c2)C2=C1CCCC2=O. The molecule has 6 nitrogen and oxygen atoms in total. The maximum atomic E-state index is 13.7. The van der Waals surface area contributed by atoms with E-state index in [4.69, 9.17) is 4.74 Å². The van der Waals surface area contributed by atoms with Gasteiger partial charge in [0.1, 0.15) is 18.2 Å². The first kappa shape index (κ1) is 24.0. The number of para-hydroxylation sites is 1. The zero-order chi connectivity index (χ0) is 25.2. The Labute approximate surface area is 209 Å². The molecule has 3 aliphatic rings. The van der Waals surface area contributed by atoms with Crippen LogP contribution in [-0.4, -0.2) is 29.0 Å². The largest absolute Gasteiger partial charge is 0.550 e. The summed E-state index contributed by atoms with van der Waals surface area (Å²) in [6.45, 7) is 0.309. The minimum atomic E-state index is -1.17. The lowest BCUT2D eigenvalue weighted by atomic mass is 9.70. The Kier molecular flexibility index (Phi) is 6.72. The molecule has 2 aromatic carbocycles. The molecule has 186 valence electrons. The number of allylic oxidation sites excluding steroid dienone is 4. The standard InChI is InChI=1S/C29H28FNO5/c30-19-7-3-6-18(16-19)17-36-25-13-2-1-8-20(25)27-28-21(9-4-11-23(28)32)31(15-14-26(34)35)22-10-5-12-24(33)29(22)27/h1-3,6-8,13,16,27H,4-5,9-12,14-15,17H2,(H,34,35)/p-1. The Bertz CT molecular complexity index is 1250. The first-order valence-electron chi connectivity index (χ1n) is 12.4. The smallest absolute Gasteiger partial charge is 0.161 e. The molecule has 2 aromatic rings. The summed E-state index contributed by atoms with van der Waals surface area (Å²) < 4.78 is 19.8. The zero-order valence-electron chi connectivity index (χ0n) is 19.9. The molecular weight excluding hydrogens is 461 g/mol. The van der Waals surface area contributed by atoms with E-state index in [0.29, 0.717) is 61.0 Å². The van der Waals surface area contributed by atoms with Crippen molar-refractivity contribution in [2.24, 2.45) is 0 Å². The van der Waals surface area contributed by atoms with Crippen molar-refractivity contribution in [2.45, 2.75) is 57.5 Å². The maximum Gasteiger partial charge on any atom is 0.161 e. The van der Waals surface area contributed by atoms with E-state index in [9.17, 15) is 23.9 Å². The molecule has 1 heterocycles. The van der Waals surface area contributed by atoms with Crippen molar-refractivity contribution in [3.8, 4) is 5.75 Å². The topological polar surface area (TPSA) is 86.7 Å². The number of rotatable bonds is 7. The van der Waals surface area contributed by atoms with E-state index >= 15 is 0 Å². The fourth-order valence-electron chi connectivity index (χ4n) is 5.64. The molecule has 0 bridgehead atoms. The van der Waals surface area contributed by atoms with Gasteiger partial charge >= 0.3 is 0 Å². The molecule has 0 saturated carbocycles. The van der Waals surface area contributed by atoms with Gasteiger partial charge in [-0.05, 0) is 49.4 Å². The van der Waals surface area contributed by atoms with Crippen LogP contribution in [0.25, 0.3) is 0 Å². The number of ketones is 2. The molecule has 0 radical (unpaired) electrons. The van der Waals surface area contributed by atoms with Crippen LogP contribution < -0.4 is 9.84 Å². The number of benzene rings is 2. The number of carbonyl (C=O) groups excluding carboxylic acids is 3. The van der Waals surface area contributed by atoms with Crippen molar-refractivity contribution in [3.05, 3.63) is 88.0 Å². The van der Waals surface area contributed by atoms with Gasteiger partial charge in [-0.1, -0.05) is 30.3 Å². The lowest BCUT2D eigenvalue weighted by Crippen LogP contribution is -2.40. The third-order valence-electron chi connectivity index (χ3n) is 7.14. The maximum absolute atomic E-state index is 13.7. The normalized spacial score (nSPS) is 18.3. The van der Waals surface area contributed by atoms with Crippen LogP contribution in [0.2, 0.25) is 0 Å². The Morgan fingerprint density at radius 3 is 2.25 bits per heavy atom. The fourth-order valence-corrected chi connectivity index (χ4v) is 5.64. The highest BCUT2D eigenvalue weighted by molar-refractivity contribution is 6.06. The highest BCUT2D eigenvalue weighted by atomic mass is 19.1. The number of carboxylic acid groups (broad SMARTS) is 1. The Hall–Kier alpha value is -3.74. The van der Waals surface area contributed by atoms with E-state index in [0.717, 1.165) is 17.0 Å². The molecule has 0 spiro atoms. The van der Waals surface area contributed by atoms with E-state index in [1.165, 1.54) is 12.1 Å². The molecule has 0 amide bonds. The number of hydrogen-bond donors (Lipinski definition) is 0. The number of Topliss-reactive ketones (excluding diaryl/α,β-unsaturated/α-hetero) is 2. The van der Waals surface area contributed by atoms with Crippen molar-refractivity contribution in [1.29, 1.82) is 0 Å². The van der Waals surface area contributed by atoms with Crippen molar-refractivity contribution >= 4 is 17.5 Å². The first-order chi connectivity index (χ1) is 17.4. The fraction of sp³-hybridized carbons (Fsp3) is 0.345. The number of nitrogens with zero attached hydrogens (tertiary/aromatic N) is 1. The van der Waals surface area contributed by atoms with Gasteiger partial charge in [-0.15, -0.1) is 0 Å². The molecule has 1 aliphatic heterocycles. The lowest BCUT2D eigenvalue weighted by Gasteiger charge is -2.44. The summed E-state index contributed by atoms with van der Waals surface area (Å²) in [7, 11) is 0. The highest BCUT2D eigenvalue weighted by Gasteiger charge is 2.43. The molecule has 0 fully saturated rings. The van der Waals surface area contributed by atoms with Crippen LogP contribution in [0.4, 0.5) is 4.39 Å². The van der Waals surface area contributed by atoms with Crippen molar-refractivity contribution in [2.75, 3.05) is 6.54 Å². The quantitative estimate of drug-likeness (QED) is 0.587. The second-order valence-corrected chi connectivity index (χ2v) is 9.44. The van der Waals surface area contributed by atoms with Crippen molar-refractivity contribution in [1.82, 2.24) is 4.90 Å². The first-order valence-corrected chi connectivity index (χ1v) is 12.4. The molecule has 0 saturated heterocycles. The second kappa shape index (κ2) is 10.1. The molecule has 36 heavy (non-hydrogen) atoms. The van der Waals surface area contributed by atoms with E-state index < -0.39 is 11.9 Å². The highest BCUT2D eigenvalue weighted by Crippen LogP contribution is 2.50. The van der Waals surface area contributed by atoms with Crippen LogP contribution in [-0.2, 0) is 21.0 Å². The average Bonchev–Trinajstić information content (AvgIpc) is 2.86. The summed E-state index contributed by atoms with van der Waals surface area (Å²) in [5, 5.41) is 11.3. The minimum Gasteiger partial charge on any atom is -0.550 e. The average molecular weight is 489 g/mol. The number of carbonyl (C=O) groups is 3. The third kappa shape index (κ3) is 4.57. The van der Waals surface area contributed by atoms with Gasteiger partial charge in [0, 0.05) is 65.8 Å². The van der Waals surface area contributed by atoms with E-state index in [1.807, 2.05) is 23.1 Å². The van der Waals surface area contributed by atoms with Crippen molar-refractivity contribution < 1.29 is 28.6 Å². The second-order valence-electron chi connectivity index (χ2n) is 9.44. The zero-order valence-corrected chi connectivity index (χ0v) is 19.9. The summed E-state index contributed by atoms with van der Waals surface area (Å²) >= 11 is 0. The van der Waals surface area contributed by atoms with Gasteiger partial charge in [-0.2, -0.15) is 0 Å². The van der Waals surface area contributed by atoms with E-state index in [1.54, 1.807) is 18.2 Å². The van der Waals surface area contributed by atoms with Crippen LogP contribution in [0.3, 0.4) is 0 Å². The Morgan fingerprint density at radius 1 is 0.944 bits per heavy atom. The Balaban J connectivity index is 1.61. The van der Waals surface area contributed by atoms with E-state index in [-0.39, 0.29) is 37.0 Å². The minimum absolute atomic E-state index is 0.0236. The van der Waals surface area contributed by atoms with Gasteiger partial charge in [0.2, 0.25) is 0 Å². The predicted molar refractivity (Wildman–Crippen MR) is 128 cm³/mol. The number of carboxylic acids is 1. The van der Waals surface area contributed by atoms with Crippen LogP contribution in [0.15, 0.2) is 71.1 Å². The van der Waals surface area contributed by atoms with Crippen LogP contribution in [0.5, 0.6) is 5.75 Å². The predicted octanol–water partition coefficient (Wildman–Crippen LogP) is 3.96. The third-order valence-corrected chi connectivity index (χ3v) is 7.14. The van der Waals surface area contributed by atoms with Gasteiger partial charge in [-0.3, -0.25) is 9.59 Å². The number of aliphatic carboxylic acids is 1. The molecule has 0 atom stereocenters. The van der Waals surface area contributed by atoms with Crippen LogP contribution >= 0.6 is 0 Å². The van der Waals surface area contributed by atoms with Gasteiger partial charge in [0.25, 0.3) is 0 Å². The summed E-state index contributed by atoms with van der Waals surface area (Å²) in [4.78, 5) is 39.9. The van der Waals surface area contributed by atoms with E-state index in [2.05, 4.69) is 0 Å². The number of ether oxygens (including phenoxy) is 1. The van der Waals surface area contributed by atoms with Gasteiger partial charge in [-0.25, -0.2) is 4.39 Å².